The Labute approximate surface area is 740 Å². The zero-order valence-corrected chi connectivity index (χ0v) is 76.8. The molecular formula is C102H133F3N6O13S+2. The van der Waals surface area contributed by atoms with Gasteiger partial charge in [0.05, 0.1) is 46.7 Å². The van der Waals surface area contributed by atoms with E-state index in [1.54, 1.807) is 85.6 Å². The van der Waals surface area contributed by atoms with Crippen LogP contribution in [0.15, 0.2) is 188 Å². The molecule has 1 heterocycles. The summed E-state index contributed by atoms with van der Waals surface area (Å²) in [6, 6.07) is 60.9. The molecule has 1 saturated heterocycles. The number of nitrogens with one attached hydrogen (secondary N) is 2. The molecule has 23 heteroatoms. The molecule has 1 saturated carbocycles. The number of quaternary nitrogens is 1. The quantitative estimate of drug-likeness (QED) is 0.00799. The van der Waals surface area contributed by atoms with Crippen molar-refractivity contribution in [3.8, 4) is 23.6 Å². The molecule has 1 atom stereocenters. The number of alkyl halides is 3. The van der Waals surface area contributed by atoms with Crippen molar-refractivity contribution in [3.05, 3.63) is 249 Å². The number of nitriles is 2. The van der Waals surface area contributed by atoms with Crippen LogP contribution in [-0.4, -0.2) is 110 Å². The summed E-state index contributed by atoms with van der Waals surface area (Å²) in [5.74, 6) is 4.66. The van der Waals surface area contributed by atoms with Crippen molar-refractivity contribution in [2.45, 2.75) is 199 Å². The molecule has 1 amide bonds. The molecule has 125 heavy (non-hydrogen) atoms. The van der Waals surface area contributed by atoms with Crippen molar-refractivity contribution in [1.82, 2.24) is 0 Å². The van der Waals surface area contributed by atoms with E-state index >= 15 is 0 Å². The Morgan fingerprint density at radius 2 is 1.22 bits per heavy atom. The summed E-state index contributed by atoms with van der Waals surface area (Å²) >= 11 is 0. The van der Waals surface area contributed by atoms with Gasteiger partial charge < -0.3 is 24.4 Å². The van der Waals surface area contributed by atoms with Crippen molar-refractivity contribution in [1.29, 1.82) is 10.5 Å². The lowest BCUT2D eigenvalue weighted by Crippen LogP contribution is -3.02. The van der Waals surface area contributed by atoms with E-state index in [1.807, 2.05) is 133 Å². The van der Waals surface area contributed by atoms with Crippen LogP contribution in [0.3, 0.4) is 0 Å². The first-order valence-corrected chi connectivity index (χ1v) is 45.4. The van der Waals surface area contributed by atoms with E-state index in [0.717, 1.165) is 121 Å². The molecule has 3 aliphatic rings. The van der Waals surface area contributed by atoms with Gasteiger partial charge >= 0.3 is 12.1 Å². The Kier molecular flexibility index (Phi) is 44.3. The molecule has 0 aromatic heterocycles. The summed E-state index contributed by atoms with van der Waals surface area (Å²) < 4.78 is 78.2. The molecule has 5 N–H and O–H groups in total. The maximum absolute atomic E-state index is 12.8. The number of piperidine rings is 1. The van der Waals surface area contributed by atoms with Gasteiger partial charge in [-0.25, -0.2) is 13.2 Å². The van der Waals surface area contributed by atoms with E-state index in [0.29, 0.717) is 76.6 Å². The minimum Gasteiger partial charge on any atom is -0.490 e. The van der Waals surface area contributed by atoms with Crippen LogP contribution in [0.4, 0.5) is 35.9 Å². The lowest BCUT2D eigenvalue weighted by molar-refractivity contribution is -1.19. The highest BCUT2D eigenvalue weighted by atomic mass is 32.2. The number of esters is 1. The maximum atomic E-state index is 12.8. The number of Topliss-reactive ketones (excluding diaryl/α,β-unsaturated/α-hetero) is 3. The summed E-state index contributed by atoms with van der Waals surface area (Å²) in [6.07, 6.45) is 7.58. The fraction of sp³-hybridized carbons (Fsp3) is 0.451. The third-order valence-electron chi connectivity index (χ3n) is 21.8. The molecule has 1 aliphatic heterocycles. The summed E-state index contributed by atoms with van der Waals surface area (Å²) in [4.78, 5) is 61.4. The third kappa shape index (κ3) is 36.0. The van der Waals surface area contributed by atoms with Crippen molar-refractivity contribution in [2.24, 2.45) is 53.3 Å². The number of halogens is 3. The van der Waals surface area contributed by atoms with Crippen LogP contribution in [0.5, 0.6) is 11.5 Å². The number of ketones is 3. The van der Waals surface area contributed by atoms with Gasteiger partial charge in [0.15, 0.2) is 16.6 Å². The van der Waals surface area contributed by atoms with Crippen LogP contribution in [0.25, 0.3) is 0 Å². The first-order valence-electron chi connectivity index (χ1n) is 43.5. The number of rotatable bonds is 27. The second-order valence-electron chi connectivity index (χ2n) is 34.6. The number of fused-ring (bicyclic) bond motifs is 1. The van der Waals surface area contributed by atoms with Crippen molar-refractivity contribution >= 4 is 68.5 Å². The minimum atomic E-state index is -4.46. The minimum absolute atomic E-state index is 0.00927. The SMILES string of the molecule is C=[N+](O)c1ccccc1CC(=O)C(C)C.CC(C)C(=O)C1CCN(c2ccccc2[NH+](O)O)CC1.CC(C)C1CCCc2ccccc21.CC(C)Cc1cccc(NC(=O)c2ccccc2OCCOc2ccccc2)c1.CC(C)c1ccc(C#N)c(C(F)(F)F)c1.CC1CCC(CS(=O)(=O)CC(=O)C(C)C)CC1.COC(=O)c1cccc(CC(C)C)c1C#N. The highest BCUT2D eigenvalue weighted by molar-refractivity contribution is 7.92. The number of para-hydroxylation sites is 5. The number of hydrogen-bond acceptors (Lipinski definition) is 16. The molecule has 2 aliphatic carbocycles. The molecule has 19 nitrogen and oxygen atoms in total. The number of anilines is 2. The van der Waals surface area contributed by atoms with E-state index < -0.39 is 32.8 Å². The number of carbonyl (C=O) groups is 5. The van der Waals surface area contributed by atoms with Crippen LogP contribution in [0.2, 0.25) is 0 Å². The number of ether oxygens (including phenoxy) is 3. The van der Waals surface area contributed by atoms with E-state index in [-0.39, 0.29) is 70.1 Å². The Morgan fingerprint density at radius 1 is 0.632 bits per heavy atom. The summed E-state index contributed by atoms with van der Waals surface area (Å²) in [5, 5.41) is 47.9. The zero-order valence-electron chi connectivity index (χ0n) is 75.9. The largest absolute Gasteiger partial charge is 0.490 e. The van der Waals surface area contributed by atoms with Gasteiger partial charge in [-0.2, -0.15) is 34.1 Å². The van der Waals surface area contributed by atoms with E-state index in [1.165, 1.54) is 38.0 Å². The molecular weight excluding hydrogens is 1610 g/mol. The highest BCUT2D eigenvalue weighted by Crippen LogP contribution is 2.38. The van der Waals surface area contributed by atoms with E-state index in [4.69, 9.17) is 20.0 Å². The number of hydrogen-bond donors (Lipinski definition) is 5. The molecule has 0 bridgehead atoms. The van der Waals surface area contributed by atoms with Crippen LogP contribution in [0.1, 0.15) is 238 Å². The maximum Gasteiger partial charge on any atom is 0.417 e. The topological polar surface area (TPSA) is 278 Å². The summed E-state index contributed by atoms with van der Waals surface area (Å²) in [6.45, 7) is 35.8. The summed E-state index contributed by atoms with van der Waals surface area (Å²) in [7, 11) is -1.87. The summed E-state index contributed by atoms with van der Waals surface area (Å²) in [5.41, 5.74) is 9.44. The molecule has 0 radical (unpaired) electrons. The number of carbonyl (C=O) groups excluding carboxylic acids is 5. The molecule has 0 spiro atoms. The average Bonchev–Trinajstić information content (AvgIpc) is 0.834. The van der Waals surface area contributed by atoms with Crippen molar-refractivity contribution in [2.75, 3.05) is 55.1 Å². The molecule has 11 rings (SSSR count). The molecule has 8 aromatic rings. The van der Waals surface area contributed by atoms with Crippen molar-refractivity contribution in [3.63, 3.8) is 0 Å². The number of amides is 1. The second-order valence-corrected chi connectivity index (χ2v) is 36.7. The van der Waals surface area contributed by atoms with Gasteiger partial charge in [-0.15, -0.1) is 0 Å². The molecule has 1 unspecified atom stereocenters. The van der Waals surface area contributed by atoms with E-state index in [2.05, 4.69) is 107 Å². The standard InChI is InChI=1S/C25H27NO3.C15H22N2O3.C13H15NO2.C13H24O3S.C13H18.C12H16NO2.C11H10F3N/c1-19(2)17-20-9-8-10-21(18-20)26-25(27)23-13-6-7-14-24(23)29-16-15-28-22-11-4-3-5-12-22;1-11(2)15(18)12-7-9-16(10-8-12)13-5-3-4-6-14(13)17(19)20;1-9(2)7-10-5-4-6-11(12(10)8-14)13(15)16-3;1-10(2)13(14)9-17(15,16)8-12-6-4-11(3)5-7-12;1-10(2)12-9-5-7-11-6-3-4-8-13(11)12;1-9(2)12(14)8-10-6-4-5-7-11(10)13(3)15;1-7(2)8-3-4-9(6-15)10(5-8)11(12,13)14/h3-14,18-19H,15-17H2,1-2H3,(H,26,27);3-6,11-12,19-20H,7-10H2,1-2H3;4-6,9H,7H2,1-3H3;10-12H,4-9H2,1-3H3;3-4,6,8,10,12H,5,7,9H2,1-2H3;4-7,9,15H,3,8H2,1-2H3;3-5,7H,1-2H3/q;;;;;+1;/p+1. The van der Waals surface area contributed by atoms with Gasteiger partial charge in [-0.05, 0) is 193 Å². The van der Waals surface area contributed by atoms with Gasteiger partial charge in [0.2, 0.25) is 5.69 Å². The lowest BCUT2D eigenvalue weighted by Gasteiger charge is -2.33. The predicted octanol–water partition coefficient (Wildman–Crippen LogP) is 21.7. The fourth-order valence-corrected chi connectivity index (χ4v) is 16.8. The first kappa shape index (κ1) is 105. The number of nitrogens with zero attached hydrogens (tertiary/aromatic N) is 4. The second kappa shape index (κ2) is 52.8. The molecule has 8 aromatic carbocycles. The van der Waals surface area contributed by atoms with Gasteiger partial charge in [-0.1, -0.05) is 232 Å². The molecule has 674 valence electrons. The zero-order chi connectivity index (χ0) is 92.7. The first-order chi connectivity index (χ1) is 59.2. The Hall–Kier alpha value is -10.8. The number of aryl methyl sites for hydroxylation is 1. The van der Waals surface area contributed by atoms with Crippen molar-refractivity contribution < 1.29 is 85.4 Å². The molecule has 2 fully saturated rings. The third-order valence-corrected chi connectivity index (χ3v) is 23.5. The lowest BCUT2D eigenvalue weighted by atomic mass is 9.77. The Balaban J connectivity index is 0.000000263. The van der Waals surface area contributed by atoms with Gasteiger partial charge in [0.1, 0.15) is 59.6 Å². The normalized spacial score (nSPS) is 14.9. The predicted molar refractivity (Wildman–Crippen MR) is 489 cm³/mol. The Morgan fingerprint density at radius 3 is 1.81 bits per heavy atom. The van der Waals surface area contributed by atoms with Gasteiger partial charge in [0.25, 0.3) is 11.6 Å². The highest BCUT2D eigenvalue weighted by Gasteiger charge is 2.35. The monoisotopic (exact) mass is 1740 g/mol. The van der Waals surface area contributed by atoms with Gasteiger partial charge in [0, 0.05) is 71.3 Å². The number of methoxy groups -OCH3 is 1. The van der Waals surface area contributed by atoms with Crippen LogP contribution >= 0.6 is 0 Å². The fourth-order valence-electron chi connectivity index (χ4n) is 14.8. The van der Waals surface area contributed by atoms with Crippen LogP contribution in [-0.2, 0) is 60.8 Å². The number of sulfone groups is 1. The average molecular weight is 1740 g/mol. The van der Waals surface area contributed by atoms with E-state index in [9.17, 15) is 61.2 Å². The smallest absolute Gasteiger partial charge is 0.417 e. The van der Waals surface area contributed by atoms with Crippen LogP contribution in [0, 0.1) is 75.9 Å². The Bertz CT molecular complexity index is 4940. The van der Waals surface area contributed by atoms with Gasteiger partial charge in [-0.3, -0.25) is 24.4 Å². The van der Waals surface area contributed by atoms with Crippen LogP contribution < -0.4 is 24.9 Å². The number of benzene rings is 8.